The smallest absolute Gasteiger partial charge is 0.259 e. The third kappa shape index (κ3) is 3.88. The maximum absolute atomic E-state index is 12.0. The Bertz CT molecular complexity index is 507. The highest BCUT2D eigenvalue weighted by molar-refractivity contribution is 9.10. The molecule has 0 aliphatic carbocycles. The number of hydrogen-bond acceptors (Lipinski definition) is 4. The molecule has 1 aliphatic heterocycles. The van der Waals surface area contributed by atoms with Crippen molar-refractivity contribution in [1.29, 1.82) is 0 Å². The van der Waals surface area contributed by atoms with Crippen LogP contribution in [-0.2, 0) is 4.79 Å². The van der Waals surface area contributed by atoms with E-state index in [1.165, 1.54) is 0 Å². The van der Waals surface area contributed by atoms with E-state index in [1.54, 1.807) is 18.2 Å². The molecule has 5 nitrogen and oxygen atoms in total. The number of piperazine rings is 1. The Labute approximate surface area is 126 Å². The number of hydrogen-bond donors (Lipinski definition) is 2. The first-order chi connectivity index (χ1) is 9.58. The van der Waals surface area contributed by atoms with Crippen molar-refractivity contribution in [3.63, 3.8) is 0 Å². The van der Waals surface area contributed by atoms with Crippen LogP contribution in [0.25, 0.3) is 0 Å². The molecule has 2 rings (SSSR count). The molecule has 0 aromatic heterocycles. The largest absolute Gasteiger partial charge is 0.314 e. The van der Waals surface area contributed by atoms with E-state index in [4.69, 9.17) is 0 Å². The normalized spacial score (nSPS) is 19.6. The second-order valence-electron chi connectivity index (χ2n) is 4.88. The number of halogens is 1. The van der Waals surface area contributed by atoms with Crippen LogP contribution in [-0.4, -0.2) is 48.9 Å². The quantitative estimate of drug-likeness (QED) is 0.862. The van der Waals surface area contributed by atoms with Gasteiger partial charge in [0.05, 0.1) is 12.1 Å². The van der Waals surface area contributed by atoms with Crippen molar-refractivity contribution < 1.29 is 9.59 Å². The average Bonchev–Trinajstić information content (AvgIpc) is 2.41. The summed E-state index contributed by atoms with van der Waals surface area (Å²) < 4.78 is 0.681. The first kappa shape index (κ1) is 15.2. The first-order valence-corrected chi connectivity index (χ1v) is 7.40. The van der Waals surface area contributed by atoms with Crippen molar-refractivity contribution in [3.8, 4) is 0 Å². The summed E-state index contributed by atoms with van der Waals surface area (Å²) in [6.45, 7) is 4.87. The molecule has 0 unspecified atom stereocenters. The minimum Gasteiger partial charge on any atom is -0.314 e. The van der Waals surface area contributed by atoms with Gasteiger partial charge in [-0.05, 0) is 35.0 Å². The molecule has 1 atom stereocenters. The molecule has 0 saturated carbocycles. The molecule has 0 bridgehead atoms. The van der Waals surface area contributed by atoms with Crippen LogP contribution in [0, 0.1) is 0 Å². The van der Waals surface area contributed by atoms with E-state index in [2.05, 4.69) is 38.4 Å². The van der Waals surface area contributed by atoms with Gasteiger partial charge in [-0.3, -0.25) is 19.8 Å². The van der Waals surface area contributed by atoms with Crippen molar-refractivity contribution >= 4 is 27.7 Å². The molecule has 6 heteroatoms. The Hall–Kier alpha value is -1.24. The van der Waals surface area contributed by atoms with Gasteiger partial charge in [0.2, 0.25) is 5.91 Å². The summed E-state index contributed by atoms with van der Waals surface area (Å²) >= 11 is 3.30. The molecule has 0 spiro atoms. The number of benzene rings is 1. The van der Waals surface area contributed by atoms with Gasteiger partial charge in [-0.15, -0.1) is 0 Å². The Kier molecular flexibility index (Phi) is 5.28. The average molecular weight is 340 g/mol. The zero-order valence-electron chi connectivity index (χ0n) is 11.4. The standard InChI is InChI=1S/C14H18BrN3O2/c1-10-8-16-6-7-18(10)9-13(19)17-14(20)11-4-2-3-5-12(11)15/h2-5,10,16H,6-9H2,1H3,(H,17,19,20)/t10-/m1/s1. The predicted octanol–water partition coefficient (Wildman–Crippen LogP) is 0.999. The number of amides is 2. The number of carbonyl (C=O) groups excluding carboxylic acids is 2. The fourth-order valence-corrected chi connectivity index (χ4v) is 2.65. The minimum absolute atomic E-state index is 0.249. The van der Waals surface area contributed by atoms with Gasteiger partial charge in [-0.2, -0.15) is 0 Å². The summed E-state index contributed by atoms with van der Waals surface area (Å²) in [5, 5.41) is 5.70. The molecule has 1 aliphatic rings. The Morgan fingerprint density at radius 3 is 2.90 bits per heavy atom. The fourth-order valence-electron chi connectivity index (χ4n) is 2.18. The maximum atomic E-state index is 12.0. The van der Waals surface area contributed by atoms with Crippen molar-refractivity contribution in [2.24, 2.45) is 0 Å². The van der Waals surface area contributed by atoms with Gasteiger partial charge >= 0.3 is 0 Å². The van der Waals surface area contributed by atoms with E-state index >= 15 is 0 Å². The van der Waals surface area contributed by atoms with E-state index in [0.717, 1.165) is 19.6 Å². The highest BCUT2D eigenvalue weighted by atomic mass is 79.9. The first-order valence-electron chi connectivity index (χ1n) is 6.61. The zero-order valence-corrected chi connectivity index (χ0v) is 12.9. The van der Waals surface area contributed by atoms with Crippen LogP contribution in [0.4, 0.5) is 0 Å². The molecule has 108 valence electrons. The lowest BCUT2D eigenvalue weighted by molar-refractivity contribution is -0.121. The van der Waals surface area contributed by atoms with E-state index in [0.29, 0.717) is 16.1 Å². The summed E-state index contributed by atoms with van der Waals surface area (Å²) in [5.74, 6) is -0.634. The van der Waals surface area contributed by atoms with E-state index in [1.807, 2.05) is 6.07 Å². The van der Waals surface area contributed by atoms with E-state index < -0.39 is 0 Å². The summed E-state index contributed by atoms with van der Waals surface area (Å²) in [4.78, 5) is 26.0. The van der Waals surface area contributed by atoms with Crippen LogP contribution in [0.5, 0.6) is 0 Å². The van der Waals surface area contributed by atoms with Gasteiger partial charge in [0.15, 0.2) is 0 Å². The summed E-state index contributed by atoms with van der Waals surface area (Å²) in [6.07, 6.45) is 0. The molecule has 1 saturated heterocycles. The molecule has 1 fully saturated rings. The van der Waals surface area contributed by atoms with Gasteiger partial charge in [-0.25, -0.2) is 0 Å². The number of carbonyl (C=O) groups is 2. The monoisotopic (exact) mass is 339 g/mol. The SMILES string of the molecule is C[C@@H]1CNCCN1CC(=O)NC(=O)c1ccccc1Br. The van der Waals surface area contributed by atoms with Crippen molar-refractivity contribution in [1.82, 2.24) is 15.5 Å². The Morgan fingerprint density at radius 2 is 2.20 bits per heavy atom. The fraction of sp³-hybridized carbons (Fsp3) is 0.429. The van der Waals surface area contributed by atoms with Crippen molar-refractivity contribution in [2.45, 2.75) is 13.0 Å². The van der Waals surface area contributed by atoms with Crippen LogP contribution >= 0.6 is 15.9 Å². The van der Waals surface area contributed by atoms with Crippen LogP contribution in [0.15, 0.2) is 28.7 Å². The topological polar surface area (TPSA) is 61.4 Å². The predicted molar refractivity (Wildman–Crippen MR) is 80.5 cm³/mol. The highest BCUT2D eigenvalue weighted by Crippen LogP contribution is 2.15. The number of nitrogens with zero attached hydrogens (tertiary/aromatic N) is 1. The number of imide groups is 1. The molecule has 1 aromatic carbocycles. The highest BCUT2D eigenvalue weighted by Gasteiger charge is 2.21. The Balaban J connectivity index is 1.91. The summed E-state index contributed by atoms with van der Waals surface area (Å²) in [6, 6.07) is 7.35. The lowest BCUT2D eigenvalue weighted by atomic mass is 10.2. The van der Waals surface area contributed by atoms with Crippen molar-refractivity contribution in [3.05, 3.63) is 34.3 Å². The Morgan fingerprint density at radius 1 is 1.45 bits per heavy atom. The molecule has 2 N–H and O–H groups in total. The van der Waals surface area contributed by atoms with Gasteiger partial charge < -0.3 is 5.32 Å². The zero-order chi connectivity index (χ0) is 14.5. The lowest BCUT2D eigenvalue weighted by Gasteiger charge is -2.33. The van der Waals surface area contributed by atoms with Gasteiger partial charge in [0.1, 0.15) is 0 Å². The number of rotatable bonds is 3. The summed E-state index contributed by atoms with van der Waals surface area (Å²) in [7, 11) is 0. The molecule has 1 aromatic rings. The molecule has 1 heterocycles. The van der Waals surface area contributed by atoms with Crippen molar-refractivity contribution in [2.75, 3.05) is 26.2 Å². The molecular weight excluding hydrogens is 322 g/mol. The van der Waals surface area contributed by atoms with Crippen LogP contribution in [0.3, 0.4) is 0 Å². The van der Waals surface area contributed by atoms with Gasteiger partial charge in [0.25, 0.3) is 5.91 Å². The number of nitrogens with one attached hydrogen (secondary N) is 2. The second kappa shape index (κ2) is 6.97. The lowest BCUT2D eigenvalue weighted by Crippen LogP contribution is -2.53. The van der Waals surface area contributed by atoms with Gasteiger partial charge in [-0.1, -0.05) is 12.1 Å². The second-order valence-corrected chi connectivity index (χ2v) is 5.74. The maximum Gasteiger partial charge on any atom is 0.259 e. The van der Waals surface area contributed by atoms with Crippen LogP contribution in [0.2, 0.25) is 0 Å². The molecular formula is C14H18BrN3O2. The van der Waals surface area contributed by atoms with E-state index in [9.17, 15) is 9.59 Å². The third-order valence-corrected chi connectivity index (χ3v) is 4.05. The molecule has 2 amide bonds. The van der Waals surface area contributed by atoms with E-state index in [-0.39, 0.29) is 18.4 Å². The van der Waals surface area contributed by atoms with Crippen LogP contribution < -0.4 is 10.6 Å². The third-order valence-electron chi connectivity index (χ3n) is 3.36. The van der Waals surface area contributed by atoms with Gasteiger partial charge in [0, 0.05) is 30.1 Å². The summed E-state index contributed by atoms with van der Waals surface area (Å²) in [5.41, 5.74) is 0.467. The van der Waals surface area contributed by atoms with Crippen LogP contribution in [0.1, 0.15) is 17.3 Å². The minimum atomic E-state index is -0.370. The molecule has 0 radical (unpaired) electrons. The molecule has 20 heavy (non-hydrogen) atoms.